The molecule has 3 N–H and O–H groups in total. The van der Waals surface area contributed by atoms with Crippen LogP contribution in [0.25, 0.3) is 16.8 Å². The van der Waals surface area contributed by atoms with E-state index in [4.69, 9.17) is 4.74 Å². The summed E-state index contributed by atoms with van der Waals surface area (Å²) in [5.74, 6) is -0.433. The maximum Gasteiger partial charge on any atom is 0.407 e. The first-order valence-corrected chi connectivity index (χ1v) is 11.3. The van der Waals surface area contributed by atoms with E-state index in [0.29, 0.717) is 11.3 Å². The number of aliphatic hydroxyl groups is 2. The van der Waals surface area contributed by atoms with Crippen LogP contribution in [0, 0.1) is 5.82 Å². The molecule has 0 saturated heterocycles. The minimum atomic E-state index is -1.28. The predicted molar refractivity (Wildman–Crippen MR) is 128 cm³/mol. The molecule has 0 fully saturated rings. The summed E-state index contributed by atoms with van der Waals surface area (Å²) < 4.78 is 20.0. The van der Waals surface area contributed by atoms with Gasteiger partial charge in [-0.3, -0.25) is 0 Å². The Bertz CT molecular complexity index is 1290. The zero-order valence-electron chi connectivity index (χ0n) is 18.7. The van der Waals surface area contributed by atoms with Crippen molar-refractivity contribution >= 4 is 6.09 Å². The molecule has 2 atom stereocenters. The van der Waals surface area contributed by atoms with Gasteiger partial charge in [-0.05, 0) is 46.5 Å². The normalized spacial score (nSPS) is 14.1. The molecule has 3 aromatic carbocycles. The fraction of sp³-hybridized carbons (Fsp3) is 0.185. The Morgan fingerprint density at radius 2 is 1.63 bits per heavy atom. The highest BCUT2D eigenvalue weighted by Gasteiger charge is 2.29. The third-order valence-electron chi connectivity index (χ3n) is 6.20. The van der Waals surface area contributed by atoms with Crippen molar-refractivity contribution in [1.82, 2.24) is 15.1 Å². The lowest BCUT2D eigenvalue weighted by Gasteiger charge is -2.18. The summed E-state index contributed by atoms with van der Waals surface area (Å²) in [7, 11) is 0. The van der Waals surface area contributed by atoms with Gasteiger partial charge in [0.25, 0.3) is 0 Å². The van der Waals surface area contributed by atoms with Crippen LogP contribution >= 0.6 is 0 Å². The van der Waals surface area contributed by atoms with E-state index in [1.165, 1.54) is 29.2 Å². The molecule has 0 spiro atoms. The molecule has 0 radical (unpaired) electrons. The van der Waals surface area contributed by atoms with Crippen LogP contribution in [0.1, 0.15) is 28.7 Å². The molecule has 4 aromatic rings. The van der Waals surface area contributed by atoms with Crippen LogP contribution in [0.4, 0.5) is 9.18 Å². The molecule has 35 heavy (non-hydrogen) atoms. The Kier molecular flexibility index (Phi) is 6.31. The Balaban J connectivity index is 1.16. The van der Waals surface area contributed by atoms with E-state index in [9.17, 15) is 19.4 Å². The maximum atomic E-state index is 13.1. The molecule has 1 aliphatic carbocycles. The molecule has 7 nitrogen and oxygen atoms in total. The molecular weight excluding hydrogens is 449 g/mol. The molecule has 0 aliphatic heterocycles. The number of amides is 1. The lowest BCUT2D eigenvalue weighted by molar-refractivity contribution is 0.0185. The molecule has 1 amide bonds. The minimum Gasteiger partial charge on any atom is -0.449 e. The zero-order valence-corrected chi connectivity index (χ0v) is 18.7. The van der Waals surface area contributed by atoms with Gasteiger partial charge in [0.1, 0.15) is 24.6 Å². The number of aliphatic hydroxyl groups excluding tert-OH is 2. The van der Waals surface area contributed by atoms with Crippen LogP contribution in [0.3, 0.4) is 0 Å². The number of halogens is 1. The number of nitrogens with zero attached hydrogens (tertiary/aromatic N) is 2. The van der Waals surface area contributed by atoms with Crippen LogP contribution < -0.4 is 5.32 Å². The number of benzene rings is 3. The largest absolute Gasteiger partial charge is 0.449 e. The number of carbonyl (C=O) groups excluding carboxylic acids is 1. The summed E-state index contributed by atoms with van der Waals surface area (Å²) in [5.41, 5.74) is 5.45. The summed E-state index contributed by atoms with van der Waals surface area (Å²) in [4.78, 5) is 12.3. The van der Waals surface area contributed by atoms with Crippen molar-refractivity contribution in [1.29, 1.82) is 0 Å². The topological polar surface area (TPSA) is 96.6 Å². The first-order chi connectivity index (χ1) is 17.0. The van der Waals surface area contributed by atoms with E-state index in [1.807, 2.05) is 36.4 Å². The molecule has 2 unspecified atom stereocenters. The Hall–Kier alpha value is -4.01. The van der Waals surface area contributed by atoms with Crippen LogP contribution in [0.2, 0.25) is 0 Å². The second kappa shape index (κ2) is 9.69. The van der Waals surface area contributed by atoms with Crippen LogP contribution in [0.15, 0.2) is 85.2 Å². The van der Waals surface area contributed by atoms with Gasteiger partial charge >= 0.3 is 6.09 Å². The van der Waals surface area contributed by atoms with Gasteiger partial charge in [-0.25, -0.2) is 13.9 Å². The SMILES string of the molecule is O=C(NCC(O)C(O)c1cnn(-c2ccc(F)cc2)c1)OCC1c2ccccc2-c2ccccc21. The average Bonchev–Trinajstić information content (AvgIpc) is 3.50. The van der Waals surface area contributed by atoms with Gasteiger partial charge in [-0.15, -0.1) is 0 Å². The van der Waals surface area contributed by atoms with E-state index in [-0.39, 0.29) is 24.9 Å². The summed E-state index contributed by atoms with van der Waals surface area (Å²) in [5, 5.41) is 27.5. The van der Waals surface area contributed by atoms with Crippen molar-refractivity contribution in [2.75, 3.05) is 13.2 Å². The Morgan fingerprint density at radius 3 is 2.29 bits per heavy atom. The minimum absolute atomic E-state index is 0.0686. The van der Waals surface area contributed by atoms with Gasteiger partial charge in [0.05, 0.1) is 11.9 Å². The molecule has 1 aromatic heterocycles. The van der Waals surface area contributed by atoms with Gasteiger partial charge in [0.15, 0.2) is 0 Å². The van der Waals surface area contributed by atoms with E-state index in [2.05, 4.69) is 22.5 Å². The van der Waals surface area contributed by atoms with Gasteiger partial charge in [-0.2, -0.15) is 5.10 Å². The van der Waals surface area contributed by atoms with E-state index < -0.39 is 18.3 Å². The first-order valence-electron chi connectivity index (χ1n) is 11.3. The van der Waals surface area contributed by atoms with Gasteiger partial charge in [0.2, 0.25) is 0 Å². The fourth-order valence-corrected chi connectivity index (χ4v) is 4.40. The van der Waals surface area contributed by atoms with Crippen molar-refractivity contribution in [2.24, 2.45) is 0 Å². The van der Waals surface area contributed by atoms with E-state index in [1.54, 1.807) is 12.1 Å². The number of rotatable bonds is 7. The van der Waals surface area contributed by atoms with E-state index in [0.717, 1.165) is 22.3 Å². The molecule has 178 valence electrons. The van der Waals surface area contributed by atoms with Crippen molar-refractivity contribution in [3.8, 4) is 16.8 Å². The van der Waals surface area contributed by atoms with Crippen molar-refractivity contribution in [2.45, 2.75) is 18.1 Å². The van der Waals surface area contributed by atoms with Crippen molar-refractivity contribution < 1.29 is 24.1 Å². The summed E-state index contributed by atoms with van der Waals surface area (Å²) in [6.45, 7) is -0.0531. The molecule has 0 bridgehead atoms. The standard InChI is InChI=1S/C27H24FN3O4/c28-18-9-11-19(12-10-18)31-15-17(13-30-31)26(33)25(32)14-29-27(34)35-16-24-22-7-3-1-5-20(22)21-6-2-4-8-23(21)24/h1-13,15,24-26,32-33H,14,16H2,(H,29,34). The average molecular weight is 474 g/mol. The Labute approximate surface area is 201 Å². The highest BCUT2D eigenvalue weighted by molar-refractivity contribution is 5.79. The number of nitrogens with one attached hydrogen (secondary N) is 1. The number of aromatic nitrogens is 2. The third kappa shape index (κ3) is 4.66. The molecule has 5 rings (SSSR count). The first kappa shape index (κ1) is 22.8. The maximum absolute atomic E-state index is 13.1. The number of alkyl carbamates (subject to hydrolysis) is 1. The molecular formula is C27H24FN3O4. The number of fused-ring (bicyclic) bond motifs is 3. The summed E-state index contributed by atoms with van der Waals surface area (Å²) in [6, 6.07) is 21.8. The number of ether oxygens (including phenoxy) is 1. The fourth-order valence-electron chi connectivity index (χ4n) is 4.40. The molecule has 0 saturated carbocycles. The van der Waals surface area contributed by atoms with E-state index >= 15 is 0 Å². The quantitative estimate of drug-likeness (QED) is 0.378. The highest BCUT2D eigenvalue weighted by Crippen LogP contribution is 2.44. The monoisotopic (exact) mass is 473 g/mol. The van der Waals surface area contributed by atoms with Crippen LogP contribution in [0.5, 0.6) is 0 Å². The lowest BCUT2D eigenvalue weighted by atomic mass is 9.98. The summed E-state index contributed by atoms with van der Waals surface area (Å²) >= 11 is 0. The summed E-state index contributed by atoms with van der Waals surface area (Å²) in [6.07, 6.45) is -0.293. The highest BCUT2D eigenvalue weighted by atomic mass is 19.1. The lowest BCUT2D eigenvalue weighted by Crippen LogP contribution is -2.36. The second-order valence-electron chi connectivity index (χ2n) is 8.41. The molecule has 1 heterocycles. The number of carbonyl (C=O) groups is 1. The smallest absolute Gasteiger partial charge is 0.407 e. The number of hydrogen-bond donors (Lipinski definition) is 3. The molecule has 8 heteroatoms. The predicted octanol–water partition coefficient (Wildman–Crippen LogP) is 3.94. The van der Waals surface area contributed by atoms with Crippen molar-refractivity contribution in [3.05, 3.63) is 108 Å². The Morgan fingerprint density at radius 1 is 1.00 bits per heavy atom. The third-order valence-corrected chi connectivity index (χ3v) is 6.20. The number of hydrogen-bond acceptors (Lipinski definition) is 5. The zero-order chi connectivity index (χ0) is 24.4. The van der Waals surface area contributed by atoms with Crippen LogP contribution in [-0.2, 0) is 4.74 Å². The molecule has 1 aliphatic rings. The van der Waals surface area contributed by atoms with Gasteiger partial charge in [-0.1, -0.05) is 48.5 Å². The van der Waals surface area contributed by atoms with Crippen LogP contribution in [-0.4, -0.2) is 45.3 Å². The van der Waals surface area contributed by atoms with Gasteiger partial charge in [0, 0.05) is 24.2 Å². The second-order valence-corrected chi connectivity index (χ2v) is 8.41. The van der Waals surface area contributed by atoms with Gasteiger partial charge < -0.3 is 20.3 Å². The van der Waals surface area contributed by atoms with Crippen molar-refractivity contribution in [3.63, 3.8) is 0 Å².